The highest BCUT2D eigenvalue weighted by molar-refractivity contribution is 5.49. The Morgan fingerprint density at radius 1 is 1.38 bits per heavy atom. The summed E-state index contributed by atoms with van der Waals surface area (Å²) in [6.07, 6.45) is 0. The molecule has 5 heteroatoms. The molecule has 1 unspecified atom stereocenters. The number of halogens is 1. The second-order valence-electron chi connectivity index (χ2n) is 5.15. The van der Waals surface area contributed by atoms with Crippen LogP contribution in [-0.4, -0.2) is 16.4 Å². The van der Waals surface area contributed by atoms with Crippen molar-refractivity contribution in [1.82, 2.24) is 9.78 Å². The summed E-state index contributed by atoms with van der Waals surface area (Å²) < 4.78 is 20.9. The second-order valence-corrected chi connectivity index (χ2v) is 5.15. The summed E-state index contributed by atoms with van der Waals surface area (Å²) in [5.74, 6) is -0.0712. The van der Waals surface area contributed by atoms with Gasteiger partial charge in [0.25, 0.3) is 0 Å². The molecule has 21 heavy (non-hydrogen) atoms. The Morgan fingerprint density at radius 2 is 2.10 bits per heavy atom. The fourth-order valence-electron chi connectivity index (χ4n) is 2.60. The van der Waals surface area contributed by atoms with Gasteiger partial charge in [-0.1, -0.05) is 0 Å². The van der Waals surface area contributed by atoms with E-state index >= 15 is 0 Å². The molecule has 0 radical (unpaired) electrons. The number of nitrogens with one attached hydrogen (secondary N) is 1. The van der Waals surface area contributed by atoms with Gasteiger partial charge < -0.3 is 10.1 Å². The summed E-state index contributed by atoms with van der Waals surface area (Å²) in [6.45, 7) is 8.35. The molecule has 1 atom stereocenters. The number of rotatable bonds is 5. The van der Waals surface area contributed by atoms with Crippen LogP contribution in [0.2, 0.25) is 0 Å². The van der Waals surface area contributed by atoms with Gasteiger partial charge in [-0.2, -0.15) is 5.10 Å². The number of benzene rings is 1. The van der Waals surface area contributed by atoms with Crippen LogP contribution in [-0.2, 0) is 7.05 Å². The molecule has 0 saturated carbocycles. The lowest BCUT2D eigenvalue weighted by Crippen LogP contribution is -2.09. The van der Waals surface area contributed by atoms with E-state index in [-0.39, 0.29) is 17.6 Å². The molecule has 0 fully saturated rings. The van der Waals surface area contributed by atoms with Crippen LogP contribution in [0.3, 0.4) is 0 Å². The molecular formula is C16H22FN3O. The Morgan fingerprint density at radius 3 is 2.62 bits per heavy atom. The standard InChI is InChI=1S/C16H22FN3O/c1-6-21-15-8-7-13(9-14(15)17)18-10(2)16-11(3)19-20(5)12(16)4/h7-10,18H,6H2,1-5H3. The lowest BCUT2D eigenvalue weighted by Gasteiger charge is -2.17. The molecule has 0 aliphatic rings. The van der Waals surface area contributed by atoms with Crippen molar-refractivity contribution in [2.45, 2.75) is 33.7 Å². The maximum atomic E-state index is 13.9. The van der Waals surface area contributed by atoms with Crippen LogP contribution >= 0.6 is 0 Å². The SMILES string of the molecule is CCOc1ccc(NC(C)c2c(C)nn(C)c2C)cc1F. The fraction of sp³-hybridized carbons (Fsp3) is 0.438. The van der Waals surface area contributed by atoms with Gasteiger partial charge in [-0.3, -0.25) is 4.68 Å². The van der Waals surface area contributed by atoms with Gasteiger partial charge in [0.2, 0.25) is 0 Å². The van der Waals surface area contributed by atoms with Crippen LogP contribution in [0.5, 0.6) is 5.75 Å². The number of aromatic nitrogens is 2. The normalized spacial score (nSPS) is 12.3. The highest BCUT2D eigenvalue weighted by Crippen LogP contribution is 2.27. The van der Waals surface area contributed by atoms with Gasteiger partial charge in [-0.15, -0.1) is 0 Å². The number of nitrogens with zero attached hydrogens (tertiary/aromatic N) is 2. The Hall–Kier alpha value is -2.04. The maximum Gasteiger partial charge on any atom is 0.167 e. The third-order valence-corrected chi connectivity index (χ3v) is 3.61. The third-order valence-electron chi connectivity index (χ3n) is 3.61. The first kappa shape index (κ1) is 15.4. The molecular weight excluding hydrogens is 269 g/mol. The molecule has 0 amide bonds. The number of hydrogen-bond donors (Lipinski definition) is 1. The first-order valence-electron chi connectivity index (χ1n) is 7.13. The van der Waals surface area contributed by atoms with Crippen molar-refractivity contribution in [2.75, 3.05) is 11.9 Å². The number of aryl methyl sites for hydroxylation is 2. The molecule has 0 spiro atoms. The summed E-state index contributed by atoms with van der Waals surface area (Å²) >= 11 is 0. The van der Waals surface area contributed by atoms with Crippen LogP contribution in [0.1, 0.15) is 36.8 Å². The molecule has 0 bridgehead atoms. The zero-order valence-electron chi connectivity index (χ0n) is 13.2. The monoisotopic (exact) mass is 291 g/mol. The average Bonchev–Trinajstić information content (AvgIpc) is 2.66. The molecule has 1 aromatic heterocycles. The third kappa shape index (κ3) is 3.17. The minimum atomic E-state index is -0.353. The van der Waals surface area contributed by atoms with E-state index < -0.39 is 0 Å². The molecule has 0 aliphatic carbocycles. The quantitative estimate of drug-likeness (QED) is 0.912. The van der Waals surface area contributed by atoms with Crippen LogP contribution < -0.4 is 10.1 Å². The van der Waals surface area contributed by atoms with Crippen molar-refractivity contribution >= 4 is 5.69 Å². The molecule has 2 rings (SSSR count). The molecule has 1 aromatic carbocycles. The van der Waals surface area contributed by atoms with Gasteiger partial charge in [0.15, 0.2) is 11.6 Å². The van der Waals surface area contributed by atoms with E-state index in [1.165, 1.54) is 6.07 Å². The highest BCUT2D eigenvalue weighted by atomic mass is 19.1. The van der Waals surface area contributed by atoms with Crippen LogP contribution in [0.25, 0.3) is 0 Å². The summed E-state index contributed by atoms with van der Waals surface area (Å²) in [5, 5.41) is 7.73. The minimum absolute atomic E-state index is 0.0519. The van der Waals surface area contributed by atoms with Gasteiger partial charge in [0.1, 0.15) is 0 Å². The van der Waals surface area contributed by atoms with Crippen molar-refractivity contribution < 1.29 is 9.13 Å². The number of hydrogen-bond acceptors (Lipinski definition) is 3. The largest absolute Gasteiger partial charge is 0.491 e. The molecule has 0 aliphatic heterocycles. The lowest BCUT2D eigenvalue weighted by atomic mass is 10.1. The van der Waals surface area contributed by atoms with Crippen LogP contribution in [0, 0.1) is 19.7 Å². The Bertz CT molecular complexity index is 637. The predicted molar refractivity (Wildman–Crippen MR) is 82.3 cm³/mol. The van der Waals surface area contributed by atoms with Crippen molar-refractivity contribution in [3.05, 3.63) is 41.0 Å². The maximum absolute atomic E-state index is 13.9. The van der Waals surface area contributed by atoms with Crippen LogP contribution in [0.15, 0.2) is 18.2 Å². The Kier molecular flexibility index (Phi) is 4.50. The van der Waals surface area contributed by atoms with Gasteiger partial charge in [0, 0.05) is 30.1 Å². The first-order chi connectivity index (χ1) is 9.93. The molecule has 1 N–H and O–H groups in total. The summed E-state index contributed by atoms with van der Waals surface area (Å²) in [7, 11) is 1.93. The Balaban J connectivity index is 2.19. The zero-order chi connectivity index (χ0) is 15.6. The lowest BCUT2D eigenvalue weighted by molar-refractivity contribution is 0.321. The van der Waals surface area contributed by atoms with Crippen LogP contribution in [0.4, 0.5) is 10.1 Å². The van der Waals surface area contributed by atoms with E-state index in [4.69, 9.17) is 4.74 Å². The molecule has 4 nitrogen and oxygen atoms in total. The van der Waals surface area contributed by atoms with E-state index in [0.29, 0.717) is 6.61 Å². The van der Waals surface area contributed by atoms with Gasteiger partial charge >= 0.3 is 0 Å². The smallest absolute Gasteiger partial charge is 0.167 e. The van der Waals surface area contributed by atoms with E-state index in [2.05, 4.69) is 10.4 Å². The van der Waals surface area contributed by atoms with Gasteiger partial charge in [0.05, 0.1) is 18.3 Å². The van der Waals surface area contributed by atoms with Crippen molar-refractivity contribution in [3.8, 4) is 5.75 Å². The van der Waals surface area contributed by atoms with E-state index in [9.17, 15) is 4.39 Å². The zero-order valence-corrected chi connectivity index (χ0v) is 13.2. The average molecular weight is 291 g/mol. The summed E-state index contributed by atoms with van der Waals surface area (Å²) in [5.41, 5.74) is 3.97. The number of anilines is 1. The molecule has 0 saturated heterocycles. The predicted octanol–water partition coefficient (Wildman–Crippen LogP) is 3.75. The highest BCUT2D eigenvalue weighted by Gasteiger charge is 2.16. The first-order valence-corrected chi connectivity index (χ1v) is 7.13. The minimum Gasteiger partial charge on any atom is -0.491 e. The molecule has 114 valence electrons. The van der Waals surface area contributed by atoms with Gasteiger partial charge in [-0.05, 0) is 39.8 Å². The molecule has 2 aromatic rings. The number of ether oxygens (including phenoxy) is 1. The second kappa shape index (κ2) is 6.16. The van der Waals surface area contributed by atoms with Crippen molar-refractivity contribution in [2.24, 2.45) is 7.05 Å². The van der Waals surface area contributed by atoms with E-state index in [0.717, 1.165) is 22.6 Å². The van der Waals surface area contributed by atoms with Crippen molar-refractivity contribution in [3.63, 3.8) is 0 Å². The van der Waals surface area contributed by atoms with E-state index in [1.807, 2.05) is 45.5 Å². The molecule has 1 heterocycles. The summed E-state index contributed by atoms with van der Waals surface area (Å²) in [4.78, 5) is 0. The topological polar surface area (TPSA) is 39.1 Å². The summed E-state index contributed by atoms with van der Waals surface area (Å²) in [6, 6.07) is 4.99. The Labute approximate surface area is 124 Å². The fourth-order valence-corrected chi connectivity index (χ4v) is 2.60. The van der Waals surface area contributed by atoms with Gasteiger partial charge in [-0.25, -0.2) is 4.39 Å². The van der Waals surface area contributed by atoms with E-state index in [1.54, 1.807) is 6.07 Å². The van der Waals surface area contributed by atoms with Crippen molar-refractivity contribution in [1.29, 1.82) is 0 Å².